The molecule has 0 radical (unpaired) electrons. The van der Waals surface area contributed by atoms with Crippen LogP contribution in [0.4, 0.5) is 4.79 Å². The summed E-state index contributed by atoms with van der Waals surface area (Å²) in [6.07, 6.45) is 0. The van der Waals surface area contributed by atoms with Crippen LogP contribution in [-0.4, -0.2) is 51.2 Å². The second-order valence-electron chi connectivity index (χ2n) is 7.39. The molecule has 0 bridgehead atoms. The molecule has 1 aromatic carbocycles. The highest BCUT2D eigenvalue weighted by Crippen LogP contribution is 2.24. The van der Waals surface area contributed by atoms with Crippen molar-refractivity contribution in [1.29, 1.82) is 0 Å². The lowest BCUT2D eigenvalue weighted by Crippen LogP contribution is -2.34. The number of hydrogen-bond donors (Lipinski definition) is 2. The number of aromatic amines is 1. The van der Waals surface area contributed by atoms with Crippen molar-refractivity contribution >= 4 is 16.9 Å². The SMILES string of the molecule is Cc1c(CN2CCn3nc(CNC(=O)N(C)C)cc3C2)[nH]c2ccccc12. The van der Waals surface area contributed by atoms with E-state index < -0.39 is 0 Å². The molecule has 0 fully saturated rings. The zero-order chi connectivity index (χ0) is 19.0. The number of fused-ring (bicyclic) bond motifs is 2. The maximum absolute atomic E-state index is 11.7. The minimum atomic E-state index is -0.100. The molecule has 2 N–H and O–H groups in total. The van der Waals surface area contributed by atoms with Gasteiger partial charge >= 0.3 is 6.03 Å². The summed E-state index contributed by atoms with van der Waals surface area (Å²) in [5.41, 5.74) is 5.92. The molecule has 2 aromatic heterocycles. The minimum Gasteiger partial charge on any atom is -0.357 e. The van der Waals surface area contributed by atoms with Gasteiger partial charge in [-0.1, -0.05) is 18.2 Å². The van der Waals surface area contributed by atoms with Crippen molar-refractivity contribution < 1.29 is 4.79 Å². The molecular formula is C20H26N6O. The maximum Gasteiger partial charge on any atom is 0.317 e. The van der Waals surface area contributed by atoms with Crippen molar-refractivity contribution in [3.8, 4) is 0 Å². The van der Waals surface area contributed by atoms with Crippen LogP contribution in [0.15, 0.2) is 30.3 Å². The van der Waals surface area contributed by atoms with E-state index in [4.69, 9.17) is 0 Å². The number of rotatable bonds is 4. The average Bonchev–Trinajstić information content (AvgIpc) is 3.20. The molecule has 1 aliphatic heterocycles. The molecule has 3 aromatic rings. The van der Waals surface area contributed by atoms with Crippen LogP contribution in [0.1, 0.15) is 22.6 Å². The Morgan fingerprint density at radius 2 is 2.11 bits per heavy atom. The van der Waals surface area contributed by atoms with E-state index >= 15 is 0 Å². The van der Waals surface area contributed by atoms with Gasteiger partial charge in [0.2, 0.25) is 0 Å². The molecule has 0 unspecified atom stereocenters. The Morgan fingerprint density at radius 3 is 2.89 bits per heavy atom. The van der Waals surface area contributed by atoms with Crippen molar-refractivity contribution in [2.75, 3.05) is 20.6 Å². The molecule has 7 heteroatoms. The number of benzene rings is 1. The summed E-state index contributed by atoms with van der Waals surface area (Å²) in [6, 6.07) is 10.5. The monoisotopic (exact) mass is 366 g/mol. The van der Waals surface area contributed by atoms with Gasteiger partial charge in [0.1, 0.15) is 0 Å². The van der Waals surface area contributed by atoms with E-state index in [0.29, 0.717) is 6.54 Å². The lowest BCUT2D eigenvalue weighted by atomic mass is 10.1. The molecule has 1 aliphatic rings. The minimum absolute atomic E-state index is 0.100. The van der Waals surface area contributed by atoms with Crippen molar-refractivity contribution in [2.45, 2.75) is 33.1 Å². The van der Waals surface area contributed by atoms with Gasteiger partial charge in [0.15, 0.2) is 0 Å². The molecule has 4 rings (SSSR count). The predicted octanol–water partition coefficient (Wildman–Crippen LogP) is 2.46. The summed E-state index contributed by atoms with van der Waals surface area (Å²) in [5, 5.41) is 8.80. The smallest absolute Gasteiger partial charge is 0.317 e. The van der Waals surface area contributed by atoms with Gasteiger partial charge in [0.05, 0.1) is 24.5 Å². The molecule has 7 nitrogen and oxygen atoms in total. The molecule has 27 heavy (non-hydrogen) atoms. The Hall–Kier alpha value is -2.80. The number of para-hydroxylation sites is 1. The lowest BCUT2D eigenvalue weighted by Gasteiger charge is -2.27. The fourth-order valence-corrected chi connectivity index (χ4v) is 3.65. The van der Waals surface area contributed by atoms with E-state index in [-0.39, 0.29) is 6.03 Å². The molecule has 142 valence electrons. The zero-order valence-corrected chi connectivity index (χ0v) is 16.1. The number of aryl methyl sites for hydroxylation is 1. The van der Waals surface area contributed by atoms with E-state index in [1.165, 1.54) is 32.8 Å². The summed E-state index contributed by atoms with van der Waals surface area (Å²) in [5.74, 6) is 0. The van der Waals surface area contributed by atoms with Crippen LogP contribution in [-0.2, 0) is 26.2 Å². The van der Waals surface area contributed by atoms with Crippen molar-refractivity contribution in [2.24, 2.45) is 0 Å². The standard InChI is InChI=1S/C20H26N6O/c1-14-17-6-4-5-7-18(17)22-19(14)13-25-8-9-26-16(12-25)10-15(23-26)11-21-20(27)24(2)3/h4-7,10,22H,8-9,11-13H2,1-3H3,(H,21,27). The van der Waals surface area contributed by atoms with E-state index in [0.717, 1.165) is 31.9 Å². The zero-order valence-electron chi connectivity index (χ0n) is 16.1. The van der Waals surface area contributed by atoms with E-state index in [9.17, 15) is 4.79 Å². The molecule has 0 saturated carbocycles. The van der Waals surface area contributed by atoms with E-state index in [1.807, 2.05) is 0 Å². The van der Waals surface area contributed by atoms with Crippen LogP contribution < -0.4 is 5.32 Å². The molecule has 0 spiro atoms. The highest BCUT2D eigenvalue weighted by atomic mass is 16.2. The average molecular weight is 366 g/mol. The Balaban J connectivity index is 1.43. The predicted molar refractivity (Wildman–Crippen MR) is 105 cm³/mol. The molecule has 2 amide bonds. The number of hydrogen-bond acceptors (Lipinski definition) is 3. The van der Waals surface area contributed by atoms with Crippen LogP contribution in [0, 0.1) is 6.92 Å². The second-order valence-corrected chi connectivity index (χ2v) is 7.39. The Kier molecular flexibility index (Phi) is 4.61. The third-order valence-corrected chi connectivity index (χ3v) is 5.21. The lowest BCUT2D eigenvalue weighted by molar-refractivity contribution is 0.203. The summed E-state index contributed by atoms with van der Waals surface area (Å²) in [7, 11) is 3.47. The van der Waals surface area contributed by atoms with Crippen LogP contribution in [0.5, 0.6) is 0 Å². The molecular weight excluding hydrogens is 340 g/mol. The first kappa shape index (κ1) is 17.6. The van der Waals surface area contributed by atoms with Gasteiger partial charge in [-0.2, -0.15) is 5.10 Å². The number of nitrogens with zero attached hydrogens (tertiary/aromatic N) is 4. The third-order valence-electron chi connectivity index (χ3n) is 5.21. The number of urea groups is 1. The van der Waals surface area contributed by atoms with Crippen LogP contribution in [0.25, 0.3) is 10.9 Å². The molecule has 0 saturated heterocycles. The normalized spacial score (nSPS) is 14.3. The first-order chi connectivity index (χ1) is 13.0. The van der Waals surface area contributed by atoms with Gasteiger partial charge in [-0.25, -0.2) is 4.79 Å². The largest absolute Gasteiger partial charge is 0.357 e. The number of carbonyl (C=O) groups is 1. The van der Waals surface area contributed by atoms with Gasteiger partial charge in [-0.05, 0) is 24.6 Å². The number of nitrogens with one attached hydrogen (secondary N) is 2. The number of H-pyrrole nitrogens is 1. The van der Waals surface area contributed by atoms with Crippen LogP contribution >= 0.6 is 0 Å². The highest BCUT2D eigenvalue weighted by molar-refractivity contribution is 5.84. The van der Waals surface area contributed by atoms with Crippen LogP contribution in [0.2, 0.25) is 0 Å². The van der Waals surface area contributed by atoms with E-state index in [1.54, 1.807) is 14.1 Å². The van der Waals surface area contributed by atoms with Gasteiger partial charge < -0.3 is 15.2 Å². The third kappa shape index (κ3) is 3.55. The van der Waals surface area contributed by atoms with Gasteiger partial charge in [0, 0.05) is 50.3 Å². The van der Waals surface area contributed by atoms with Crippen molar-refractivity contribution in [1.82, 2.24) is 29.9 Å². The topological polar surface area (TPSA) is 69.2 Å². The summed E-state index contributed by atoms with van der Waals surface area (Å²) < 4.78 is 2.06. The highest BCUT2D eigenvalue weighted by Gasteiger charge is 2.20. The summed E-state index contributed by atoms with van der Waals surface area (Å²) in [4.78, 5) is 19.2. The Labute approximate surface area is 158 Å². The van der Waals surface area contributed by atoms with Gasteiger partial charge in [-0.15, -0.1) is 0 Å². The van der Waals surface area contributed by atoms with Crippen molar-refractivity contribution in [3.05, 3.63) is 53.0 Å². The summed E-state index contributed by atoms with van der Waals surface area (Å²) >= 11 is 0. The Morgan fingerprint density at radius 1 is 1.30 bits per heavy atom. The van der Waals surface area contributed by atoms with Gasteiger partial charge in [0.25, 0.3) is 0 Å². The number of carbonyl (C=O) groups excluding carboxylic acids is 1. The Bertz CT molecular complexity index is 970. The van der Waals surface area contributed by atoms with Gasteiger partial charge in [-0.3, -0.25) is 9.58 Å². The molecule has 0 atom stereocenters. The fraction of sp³-hybridized carbons (Fsp3) is 0.400. The maximum atomic E-state index is 11.7. The molecule has 3 heterocycles. The second kappa shape index (κ2) is 7.08. The van der Waals surface area contributed by atoms with E-state index in [2.05, 4.69) is 62.2 Å². The summed E-state index contributed by atoms with van der Waals surface area (Å²) in [6.45, 7) is 6.25. The first-order valence-electron chi connectivity index (χ1n) is 9.30. The number of amides is 2. The fourth-order valence-electron chi connectivity index (χ4n) is 3.65. The first-order valence-corrected chi connectivity index (χ1v) is 9.30. The quantitative estimate of drug-likeness (QED) is 0.745. The number of aromatic nitrogens is 3. The molecule has 0 aliphatic carbocycles. The van der Waals surface area contributed by atoms with Crippen molar-refractivity contribution in [3.63, 3.8) is 0 Å². The van der Waals surface area contributed by atoms with Crippen LogP contribution in [0.3, 0.4) is 0 Å².